The van der Waals surface area contributed by atoms with Gasteiger partial charge in [0, 0.05) is 13.1 Å². The van der Waals surface area contributed by atoms with E-state index in [1.807, 2.05) is 0 Å². The Morgan fingerprint density at radius 3 is 2.46 bits per heavy atom. The van der Waals surface area contributed by atoms with Gasteiger partial charge in [-0.3, -0.25) is 4.79 Å². The Morgan fingerprint density at radius 1 is 1.46 bits per heavy atom. The second kappa shape index (κ2) is 6.22. The summed E-state index contributed by atoms with van der Waals surface area (Å²) in [6, 6.07) is 0. The third-order valence-corrected chi connectivity index (χ3v) is 1.47. The van der Waals surface area contributed by atoms with Crippen LogP contribution in [-0.4, -0.2) is 36.5 Å². The molecule has 0 unspecified atom stereocenters. The van der Waals surface area contributed by atoms with Gasteiger partial charge in [0.15, 0.2) is 0 Å². The van der Waals surface area contributed by atoms with Gasteiger partial charge >= 0.3 is 11.9 Å². The zero-order chi connectivity index (χ0) is 10.3. The molecule has 0 aliphatic heterocycles. The predicted molar refractivity (Wildman–Crippen MR) is 49.1 cm³/mol. The fourth-order valence-electron chi connectivity index (χ4n) is 0.833. The summed E-state index contributed by atoms with van der Waals surface area (Å²) in [6.45, 7) is 8.01. The Hall–Kier alpha value is -1.32. The maximum Gasteiger partial charge on any atom is 0.397 e. The molecule has 0 saturated heterocycles. The van der Waals surface area contributed by atoms with Gasteiger partial charge in [-0.25, -0.2) is 4.79 Å². The Bertz CT molecular complexity index is 201. The molecule has 0 aliphatic carbocycles. The summed E-state index contributed by atoms with van der Waals surface area (Å²) in [5.41, 5.74) is 0. The van der Waals surface area contributed by atoms with Crippen molar-refractivity contribution in [2.75, 3.05) is 19.7 Å². The molecule has 0 fully saturated rings. The molecule has 0 aromatic carbocycles. The van der Waals surface area contributed by atoms with Crippen LogP contribution in [0.2, 0.25) is 0 Å². The van der Waals surface area contributed by atoms with Crippen molar-refractivity contribution < 1.29 is 14.3 Å². The van der Waals surface area contributed by atoms with Crippen LogP contribution in [0.4, 0.5) is 0 Å². The summed E-state index contributed by atoms with van der Waals surface area (Å²) < 4.78 is 4.57. The Labute approximate surface area is 78.2 Å². The monoisotopic (exact) mass is 185 g/mol. The van der Waals surface area contributed by atoms with Crippen LogP contribution >= 0.6 is 0 Å². The fourth-order valence-corrected chi connectivity index (χ4v) is 0.833. The molecule has 0 aliphatic rings. The summed E-state index contributed by atoms with van der Waals surface area (Å²) >= 11 is 0. The molecule has 0 rings (SSSR count). The highest BCUT2D eigenvalue weighted by molar-refractivity contribution is 6.32. The zero-order valence-corrected chi connectivity index (χ0v) is 8.08. The van der Waals surface area contributed by atoms with E-state index in [2.05, 4.69) is 11.3 Å². The van der Waals surface area contributed by atoms with Gasteiger partial charge in [0.25, 0.3) is 0 Å². The lowest BCUT2D eigenvalue weighted by atomic mass is 10.4. The maximum absolute atomic E-state index is 11.3. The molecule has 0 bridgehead atoms. The standard InChI is InChI=1S/C9H15NO3/c1-4-7-10(5-2)8(11)9(12)13-6-3/h4H,1,5-7H2,2-3H3. The highest BCUT2D eigenvalue weighted by Gasteiger charge is 2.20. The normalized spacial score (nSPS) is 9.08. The topological polar surface area (TPSA) is 46.6 Å². The van der Waals surface area contributed by atoms with Crippen molar-refractivity contribution in [1.29, 1.82) is 0 Å². The van der Waals surface area contributed by atoms with Crippen LogP contribution in [0.25, 0.3) is 0 Å². The van der Waals surface area contributed by atoms with E-state index in [4.69, 9.17) is 0 Å². The first-order valence-corrected chi connectivity index (χ1v) is 4.24. The van der Waals surface area contributed by atoms with Crippen LogP contribution in [-0.2, 0) is 14.3 Å². The average Bonchev–Trinajstić information content (AvgIpc) is 2.13. The molecule has 0 atom stereocenters. The van der Waals surface area contributed by atoms with E-state index in [1.54, 1.807) is 19.9 Å². The van der Waals surface area contributed by atoms with Crippen molar-refractivity contribution in [2.45, 2.75) is 13.8 Å². The molecule has 13 heavy (non-hydrogen) atoms. The fraction of sp³-hybridized carbons (Fsp3) is 0.556. The Balaban J connectivity index is 4.18. The molecule has 4 heteroatoms. The number of carbonyl (C=O) groups is 2. The largest absolute Gasteiger partial charge is 0.459 e. The molecule has 0 spiro atoms. The van der Waals surface area contributed by atoms with Crippen LogP contribution in [0.3, 0.4) is 0 Å². The quantitative estimate of drug-likeness (QED) is 0.366. The number of rotatable bonds is 4. The van der Waals surface area contributed by atoms with Crippen molar-refractivity contribution in [3.63, 3.8) is 0 Å². The van der Waals surface area contributed by atoms with Gasteiger partial charge in [-0.15, -0.1) is 6.58 Å². The highest BCUT2D eigenvalue weighted by Crippen LogP contribution is 1.92. The van der Waals surface area contributed by atoms with Crippen molar-refractivity contribution in [2.24, 2.45) is 0 Å². The molecule has 0 N–H and O–H groups in total. The Kier molecular flexibility index (Phi) is 5.59. The van der Waals surface area contributed by atoms with Crippen LogP contribution in [0.5, 0.6) is 0 Å². The third-order valence-electron chi connectivity index (χ3n) is 1.47. The average molecular weight is 185 g/mol. The molecule has 0 aromatic rings. The first-order chi connectivity index (χ1) is 6.17. The van der Waals surface area contributed by atoms with Gasteiger partial charge in [-0.05, 0) is 13.8 Å². The lowest BCUT2D eigenvalue weighted by Gasteiger charge is -2.16. The number of esters is 1. The number of hydrogen-bond acceptors (Lipinski definition) is 3. The van der Waals surface area contributed by atoms with Crippen LogP contribution < -0.4 is 0 Å². The lowest BCUT2D eigenvalue weighted by Crippen LogP contribution is -2.37. The minimum atomic E-state index is -0.800. The first kappa shape index (κ1) is 11.7. The van der Waals surface area contributed by atoms with E-state index in [0.29, 0.717) is 13.1 Å². The summed E-state index contributed by atoms with van der Waals surface area (Å²) in [5, 5.41) is 0. The lowest BCUT2D eigenvalue weighted by molar-refractivity contribution is -0.159. The Morgan fingerprint density at radius 2 is 2.08 bits per heavy atom. The summed E-state index contributed by atoms with van der Waals surface area (Å²) in [7, 11) is 0. The van der Waals surface area contributed by atoms with Gasteiger partial charge in [0.05, 0.1) is 6.61 Å². The van der Waals surface area contributed by atoms with Crippen molar-refractivity contribution >= 4 is 11.9 Å². The summed E-state index contributed by atoms with van der Waals surface area (Å²) in [4.78, 5) is 23.6. The van der Waals surface area contributed by atoms with Crippen molar-refractivity contribution in [1.82, 2.24) is 4.90 Å². The van der Waals surface area contributed by atoms with Crippen LogP contribution in [0.15, 0.2) is 12.7 Å². The molecule has 74 valence electrons. The molecular weight excluding hydrogens is 170 g/mol. The second-order valence-electron chi connectivity index (χ2n) is 2.35. The number of hydrogen-bond donors (Lipinski definition) is 0. The summed E-state index contributed by atoms with van der Waals surface area (Å²) in [5.74, 6) is -1.41. The number of nitrogens with zero attached hydrogens (tertiary/aromatic N) is 1. The van der Waals surface area contributed by atoms with Crippen molar-refractivity contribution in [3.8, 4) is 0 Å². The molecule has 0 saturated carbocycles. The van der Waals surface area contributed by atoms with Gasteiger partial charge in [0.1, 0.15) is 0 Å². The van der Waals surface area contributed by atoms with Gasteiger partial charge in [0.2, 0.25) is 0 Å². The predicted octanol–water partition coefficient (Wildman–Crippen LogP) is 0.584. The molecular formula is C9H15NO3. The maximum atomic E-state index is 11.3. The number of carbonyl (C=O) groups excluding carboxylic acids is 2. The van der Waals surface area contributed by atoms with Gasteiger partial charge < -0.3 is 9.64 Å². The van der Waals surface area contributed by atoms with E-state index in [9.17, 15) is 9.59 Å². The second-order valence-corrected chi connectivity index (χ2v) is 2.35. The molecule has 0 heterocycles. The summed E-state index contributed by atoms with van der Waals surface area (Å²) in [6.07, 6.45) is 1.57. The van der Waals surface area contributed by atoms with Gasteiger partial charge in [-0.1, -0.05) is 6.08 Å². The van der Waals surface area contributed by atoms with E-state index >= 15 is 0 Å². The SMILES string of the molecule is C=CCN(CC)C(=O)C(=O)OCC. The van der Waals surface area contributed by atoms with Crippen LogP contribution in [0.1, 0.15) is 13.8 Å². The van der Waals surface area contributed by atoms with E-state index in [1.165, 1.54) is 4.90 Å². The van der Waals surface area contributed by atoms with E-state index < -0.39 is 11.9 Å². The van der Waals surface area contributed by atoms with E-state index in [-0.39, 0.29) is 6.61 Å². The smallest absolute Gasteiger partial charge is 0.397 e. The molecule has 4 nitrogen and oxygen atoms in total. The zero-order valence-electron chi connectivity index (χ0n) is 8.08. The molecule has 0 radical (unpaired) electrons. The van der Waals surface area contributed by atoms with E-state index in [0.717, 1.165) is 0 Å². The number of ether oxygens (including phenoxy) is 1. The highest BCUT2D eigenvalue weighted by atomic mass is 16.5. The third kappa shape index (κ3) is 3.73. The van der Waals surface area contributed by atoms with Gasteiger partial charge in [-0.2, -0.15) is 0 Å². The minimum absolute atomic E-state index is 0.218. The van der Waals surface area contributed by atoms with Crippen LogP contribution in [0, 0.1) is 0 Å². The first-order valence-electron chi connectivity index (χ1n) is 4.24. The van der Waals surface area contributed by atoms with Crippen molar-refractivity contribution in [3.05, 3.63) is 12.7 Å². The molecule has 1 amide bonds. The molecule has 0 aromatic heterocycles. The number of likely N-dealkylation sites (N-methyl/N-ethyl adjacent to an activating group) is 1. The number of amides is 1. The minimum Gasteiger partial charge on any atom is -0.459 e.